The highest BCUT2D eigenvalue weighted by Crippen LogP contribution is 2.34. The van der Waals surface area contributed by atoms with E-state index in [1.54, 1.807) is 18.2 Å². The van der Waals surface area contributed by atoms with Gasteiger partial charge < -0.3 is 14.8 Å². The van der Waals surface area contributed by atoms with Gasteiger partial charge in [0.1, 0.15) is 0 Å². The highest BCUT2D eigenvalue weighted by atomic mass is 16.7. The number of aryl methyl sites for hydroxylation is 1. The van der Waals surface area contributed by atoms with Gasteiger partial charge in [0, 0.05) is 23.7 Å². The Morgan fingerprint density at radius 2 is 1.96 bits per heavy atom. The highest BCUT2D eigenvalue weighted by Gasteiger charge is 2.14. The molecule has 0 fully saturated rings. The number of aromatic nitrogens is 4. The Morgan fingerprint density at radius 1 is 1.12 bits per heavy atom. The predicted octanol–water partition coefficient (Wildman–Crippen LogP) is 2.10. The number of fused-ring (bicyclic) bond motifs is 1. The van der Waals surface area contributed by atoms with Crippen molar-refractivity contribution in [3.8, 4) is 22.9 Å². The lowest BCUT2D eigenvalue weighted by Crippen LogP contribution is -2.15. The second-order valence-corrected chi connectivity index (χ2v) is 5.44. The zero-order chi connectivity index (χ0) is 17.1. The zero-order valence-corrected chi connectivity index (χ0v) is 13.3. The van der Waals surface area contributed by atoms with Gasteiger partial charge >= 0.3 is 0 Å². The quantitative estimate of drug-likeness (QED) is 0.766. The first-order valence-corrected chi connectivity index (χ1v) is 7.81. The Morgan fingerprint density at radius 3 is 2.84 bits per heavy atom. The number of anilines is 1. The molecule has 0 bridgehead atoms. The molecule has 0 saturated carbocycles. The fourth-order valence-corrected chi connectivity index (χ4v) is 2.44. The summed E-state index contributed by atoms with van der Waals surface area (Å²) in [6.45, 7) is 0.546. The Kier molecular flexibility index (Phi) is 3.99. The predicted molar refractivity (Wildman–Crippen MR) is 89.1 cm³/mol. The molecule has 2 heterocycles. The minimum atomic E-state index is -0.141. The number of nitrogens with zero attached hydrogens (tertiary/aromatic N) is 4. The molecule has 8 heteroatoms. The maximum atomic E-state index is 12.1. The Labute approximate surface area is 143 Å². The van der Waals surface area contributed by atoms with Crippen LogP contribution in [-0.2, 0) is 11.3 Å². The van der Waals surface area contributed by atoms with E-state index in [0.29, 0.717) is 29.6 Å². The van der Waals surface area contributed by atoms with Gasteiger partial charge in [0.15, 0.2) is 11.5 Å². The SMILES string of the molecule is O=C(CCn1nnc(-c2ccccc2)n1)Nc1ccc2c(c1)OCO2. The minimum absolute atomic E-state index is 0.141. The summed E-state index contributed by atoms with van der Waals surface area (Å²) in [6, 6.07) is 14.8. The molecule has 0 atom stereocenters. The minimum Gasteiger partial charge on any atom is -0.454 e. The van der Waals surface area contributed by atoms with Gasteiger partial charge in [-0.25, -0.2) is 0 Å². The van der Waals surface area contributed by atoms with Crippen molar-refractivity contribution in [2.75, 3.05) is 12.1 Å². The summed E-state index contributed by atoms with van der Waals surface area (Å²) >= 11 is 0. The average Bonchev–Trinajstić information content (AvgIpc) is 3.30. The van der Waals surface area contributed by atoms with E-state index in [0.717, 1.165) is 5.56 Å². The van der Waals surface area contributed by atoms with Crippen LogP contribution in [0.5, 0.6) is 11.5 Å². The van der Waals surface area contributed by atoms with Crippen molar-refractivity contribution in [2.24, 2.45) is 0 Å². The summed E-state index contributed by atoms with van der Waals surface area (Å²) in [7, 11) is 0. The summed E-state index contributed by atoms with van der Waals surface area (Å²) < 4.78 is 10.5. The summed E-state index contributed by atoms with van der Waals surface area (Å²) in [5.41, 5.74) is 1.55. The zero-order valence-electron chi connectivity index (χ0n) is 13.3. The molecule has 4 rings (SSSR count). The molecular formula is C17H15N5O3. The average molecular weight is 337 g/mol. The molecule has 0 unspecified atom stereocenters. The molecule has 8 nitrogen and oxygen atoms in total. The van der Waals surface area contributed by atoms with E-state index in [1.807, 2.05) is 30.3 Å². The summed E-state index contributed by atoms with van der Waals surface area (Å²) in [5, 5.41) is 15.1. The van der Waals surface area contributed by atoms with Gasteiger partial charge in [-0.15, -0.1) is 10.2 Å². The topological polar surface area (TPSA) is 91.2 Å². The molecule has 1 amide bonds. The largest absolute Gasteiger partial charge is 0.454 e. The van der Waals surface area contributed by atoms with Gasteiger partial charge in [-0.3, -0.25) is 4.79 Å². The Bertz CT molecular complexity index is 894. The smallest absolute Gasteiger partial charge is 0.231 e. The number of amides is 1. The number of hydrogen-bond acceptors (Lipinski definition) is 6. The molecule has 3 aromatic rings. The molecule has 0 spiro atoms. The number of benzene rings is 2. The van der Waals surface area contributed by atoms with Gasteiger partial charge in [0.05, 0.1) is 6.54 Å². The van der Waals surface area contributed by atoms with E-state index in [-0.39, 0.29) is 19.1 Å². The maximum absolute atomic E-state index is 12.1. The lowest BCUT2D eigenvalue weighted by atomic mass is 10.2. The molecule has 1 aliphatic rings. The molecule has 126 valence electrons. The number of hydrogen-bond donors (Lipinski definition) is 1. The van der Waals surface area contributed by atoms with E-state index in [1.165, 1.54) is 4.80 Å². The summed E-state index contributed by atoms with van der Waals surface area (Å²) in [6.07, 6.45) is 0.235. The second kappa shape index (κ2) is 6.60. The Hall–Kier alpha value is -3.42. The van der Waals surface area contributed by atoms with E-state index >= 15 is 0 Å². The maximum Gasteiger partial charge on any atom is 0.231 e. The van der Waals surface area contributed by atoms with Crippen LogP contribution in [0.3, 0.4) is 0 Å². The van der Waals surface area contributed by atoms with Crippen molar-refractivity contribution in [2.45, 2.75) is 13.0 Å². The molecule has 0 saturated heterocycles. The first kappa shape index (κ1) is 15.1. The van der Waals surface area contributed by atoms with Crippen LogP contribution in [0, 0.1) is 0 Å². The molecule has 0 aliphatic carbocycles. The highest BCUT2D eigenvalue weighted by molar-refractivity contribution is 5.91. The van der Waals surface area contributed by atoms with Gasteiger partial charge in [-0.2, -0.15) is 4.80 Å². The molecule has 2 aromatic carbocycles. The standard InChI is InChI=1S/C17H15N5O3/c23-16(18-13-6-7-14-15(10-13)25-11-24-14)8-9-22-20-17(19-21-22)12-4-2-1-3-5-12/h1-7,10H,8-9,11H2,(H,18,23). The van der Waals surface area contributed by atoms with Gasteiger partial charge in [-0.1, -0.05) is 30.3 Å². The van der Waals surface area contributed by atoms with Crippen LogP contribution in [0.1, 0.15) is 6.42 Å². The van der Waals surface area contributed by atoms with Crippen LogP contribution in [0.15, 0.2) is 48.5 Å². The number of rotatable bonds is 5. The lowest BCUT2D eigenvalue weighted by molar-refractivity contribution is -0.116. The monoisotopic (exact) mass is 337 g/mol. The molecule has 0 radical (unpaired) electrons. The fraction of sp³-hybridized carbons (Fsp3) is 0.176. The third-order valence-electron chi connectivity index (χ3n) is 3.68. The van der Waals surface area contributed by atoms with Crippen LogP contribution < -0.4 is 14.8 Å². The first-order chi connectivity index (χ1) is 12.3. The summed E-state index contributed by atoms with van der Waals surface area (Å²) in [4.78, 5) is 13.5. The van der Waals surface area contributed by atoms with Crippen LogP contribution in [0.2, 0.25) is 0 Å². The van der Waals surface area contributed by atoms with Crippen LogP contribution in [-0.4, -0.2) is 32.9 Å². The number of carbonyl (C=O) groups excluding carboxylic acids is 1. The summed E-state index contributed by atoms with van der Waals surface area (Å²) in [5.74, 6) is 1.70. The number of ether oxygens (including phenoxy) is 2. The Balaban J connectivity index is 1.34. The van der Waals surface area contributed by atoms with E-state index in [2.05, 4.69) is 20.7 Å². The van der Waals surface area contributed by atoms with Crippen LogP contribution in [0.4, 0.5) is 5.69 Å². The van der Waals surface area contributed by atoms with Crippen LogP contribution in [0.25, 0.3) is 11.4 Å². The number of tetrazole rings is 1. The molecule has 1 N–H and O–H groups in total. The third kappa shape index (κ3) is 3.42. The van der Waals surface area contributed by atoms with Crippen molar-refractivity contribution < 1.29 is 14.3 Å². The molecule has 25 heavy (non-hydrogen) atoms. The van der Waals surface area contributed by atoms with Crippen molar-refractivity contribution >= 4 is 11.6 Å². The number of nitrogens with one attached hydrogen (secondary N) is 1. The number of carbonyl (C=O) groups is 1. The lowest BCUT2D eigenvalue weighted by Gasteiger charge is -2.05. The van der Waals surface area contributed by atoms with Crippen molar-refractivity contribution in [1.29, 1.82) is 0 Å². The second-order valence-electron chi connectivity index (χ2n) is 5.44. The molecule has 1 aliphatic heterocycles. The van der Waals surface area contributed by atoms with Crippen molar-refractivity contribution in [1.82, 2.24) is 20.2 Å². The fourth-order valence-electron chi connectivity index (χ4n) is 2.44. The van der Waals surface area contributed by atoms with Gasteiger partial charge in [-0.05, 0) is 17.3 Å². The van der Waals surface area contributed by atoms with E-state index in [4.69, 9.17) is 9.47 Å². The van der Waals surface area contributed by atoms with E-state index < -0.39 is 0 Å². The third-order valence-corrected chi connectivity index (χ3v) is 3.68. The molecule has 1 aromatic heterocycles. The molecular weight excluding hydrogens is 322 g/mol. The normalized spacial score (nSPS) is 12.2. The van der Waals surface area contributed by atoms with Crippen molar-refractivity contribution in [3.63, 3.8) is 0 Å². The van der Waals surface area contributed by atoms with Gasteiger partial charge in [0.2, 0.25) is 18.5 Å². The van der Waals surface area contributed by atoms with E-state index in [9.17, 15) is 4.79 Å². The van der Waals surface area contributed by atoms with Gasteiger partial charge in [0.25, 0.3) is 0 Å². The van der Waals surface area contributed by atoms with Crippen LogP contribution >= 0.6 is 0 Å². The van der Waals surface area contributed by atoms with Crippen molar-refractivity contribution in [3.05, 3.63) is 48.5 Å². The first-order valence-electron chi connectivity index (χ1n) is 7.81.